The predicted molar refractivity (Wildman–Crippen MR) is 91.1 cm³/mol. The number of carboxylic acid groups (broad SMARTS) is 1. The minimum Gasteiger partial charge on any atom is -0.480 e. The molecular weight excluding hydrogens is 328 g/mol. The Kier molecular flexibility index (Phi) is 4.80. The van der Waals surface area contributed by atoms with Crippen molar-refractivity contribution in [3.8, 4) is 0 Å². The molecule has 6 nitrogen and oxygen atoms in total. The summed E-state index contributed by atoms with van der Waals surface area (Å²) in [6.07, 6.45) is 3.44. The number of para-hydroxylation sites is 1. The first kappa shape index (κ1) is 16.8. The zero-order valence-corrected chi connectivity index (χ0v) is 14.1. The van der Waals surface area contributed by atoms with Crippen LogP contribution in [0.4, 0.5) is 5.69 Å². The number of amides is 2. The van der Waals surface area contributed by atoms with E-state index in [0.717, 1.165) is 24.2 Å². The van der Waals surface area contributed by atoms with Gasteiger partial charge in [-0.2, -0.15) is 0 Å². The first-order chi connectivity index (χ1) is 11.5. The lowest BCUT2D eigenvalue weighted by atomic mass is 9.81. The number of hydrogen-bond acceptors (Lipinski definition) is 4. The van der Waals surface area contributed by atoms with Crippen molar-refractivity contribution in [2.45, 2.75) is 42.5 Å². The maximum Gasteiger partial charge on any atom is 0.329 e. The largest absolute Gasteiger partial charge is 0.480 e. The Morgan fingerprint density at radius 1 is 1.21 bits per heavy atom. The molecule has 1 aliphatic heterocycles. The number of carbonyl (C=O) groups is 3. The van der Waals surface area contributed by atoms with E-state index in [9.17, 15) is 19.5 Å². The third-order valence-electron chi connectivity index (χ3n) is 4.61. The molecule has 0 spiro atoms. The van der Waals surface area contributed by atoms with Gasteiger partial charge in [0.2, 0.25) is 11.8 Å². The first-order valence-corrected chi connectivity index (χ1v) is 9.07. The topological polar surface area (TPSA) is 86.7 Å². The van der Waals surface area contributed by atoms with Crippen molar-refractivity contribution in [3.05, 3.63) is 24.3 Å². The van der Waals surface area contributed by atoms with Gasteiger partial charge in [-0.1, -0.05) is 31.4 Å². The number of hydrogen-bond donors (Lipinski definition) is 2. The molecular formula is C17H20N2O4S. The summed E-state index contributed by atoms with van der Waals surface area (Å²) in [5, 5.41) is 12.2. The number of fused-ring (bicyclic) bond motifs is 1. The summed E-state index contributed by atoms with van der Waals surface area (Å²) < 4.78 is 0. The van der Waals surface area contributed by atoms with Gasteiger partial charge in [-0.15, -0.1) is 11.8 Å². The second-order valence-corrected chi connectivity index (χ2v) is 7.25. The molecule has 1 saturated carbocycles. The maximum atomic E-state index is 12.5. The van der Waals surface area contributed by atoms with Gasteiger partial charge in [-0.3, -0.25) is 9.59 Å². The monoisotopic (exact) mass is 348 g/mol. The van der Waals surface area contributed by atoms with Gasteiger partial charge in [0.1, 0.15) is 12.1 Å². The van der Waals surface area contributed by atoms with Crippen molar-refractivity contribution in [2.24, 2.45) is 0 Å². The van der Waals surface area contributed by atoms with E-state index in [-0.39, 0.29) is 18.2 Å². The number of anilines is 1. The van der Waals surface area contributed by atoms with E-state index in [0.29, 0.717) is 18.5 Å². The van der Waals surface area contributed by atoms with Crippen LogP contribution in [0.25, 0.3) is 0 Å². The minimum absolute atomic E-state index is 0.137. The van der Waals surface area contributed by atoms with Crippen molar-refractivity contribution in [2.75, 3.05) is 17.2 Å². The standard InChI is InChI=1S/C17H20N2O4S/c20-14(18-17(16(22)23)8-4-1-5-9-17)10-19-12-6-2-3-7-13(12)24-11-15(19)21/h2-3,6-7H,1,4-5,8-11H2,(H,18,20)(H,22,23). The van der Waals surface area contributed by atoms with Gasteiger partial charge in [0.15, 0.2) is 0 Å². The lowest BCUT2D eigenvalue weighted by Gasteiger charge is -2.35. The highest BCUT2D eigenvalue weighted by Gasteiger charge is 2.41. The van der Waals surface area contributed by atoms with Crippen molar-refractivity contribution in [3.63, 3.8) is 0 Å². The van der Waals surface area contributed by atoms with Crippen molar-refractivity contribution < 1.29 is 19.5 Å². The van der Waals surface area contributed by atoms with E-state index >= 15 is 0 Å². The number of benzene rings is 1. The lowest BCUT2D eigenvalue weighted by Crippen LogP contribution is -2.58. The molecule has 128 valence electrons. The highest BCUT2D eigenvalue weighted by atomic mass is 32.2. The van der Waals surface area contributed by atoms with Gasteiger partial charge in [-0.25, -0.2) is 4.79 Å². The Bertz CT molecular complexity index is 670. The Labute approximate surface area is 144 Å². The minimum atomic E-state index is -1.19. The molecule has 7 heteroatoms. The highest BCUT2D eigenvalue weighted by Crippen LogP contribution is 2.35. The molecule has 0 saturated heterocycles. The molecule has 1 heterocycles. The Morgan fingerprint density at radius 2 is 1.92 bits per heavy atom. The zero-order valence-electron chi connectivity index (χ0n) is 13.3. The van der Waals surface area contributed by atoms with E-state index in [1.165, 1.54) is 16.7 Å². The van der Waals surface area contributed by atoms with Crippen LogP contribution in [-0.4, -0.2) is 40.7 Å². The fourth-order valence-corrected chi connectivity index (χ4v) is 4.26. The van der Waals surface area contributed by atoms with Gasteiger partial charge >= 0.3 is 5.97 Å². The molecule has 24 heavy (non-hydrogen) atoms. The molecule has 0 bridgehead atoms. The van der Waals surface area contributed by atoms with E-state index in [4.69, 9.17) is 0 Å². The number of thioether (sulfide) groups is 1. The molecule has 1 fully saturated rings. The first-order valence-electron chi connectivity index (χ1n) is 8.08. The lowest BCUT2D eigenvalue weighted by molar-refractivity contribution is -0.149. The van der Waals surface area contributed by atoms with Crippen LogP contribution in [0.15, 0.2) is 29.2 Å². The molecule has 1 aromatic rings. The normalized spacial score (nSPS) is 19.5. The third kappa shape index (κ3) is 3.26. The molecule has 1 aliphatic carbocycles. The van der Waals surface area contributed by atoms with Crippen LogP contribution >= 0.6 is 11.8 Å². The summed E-state index contributed by atoms with van der Waals surface area (Å²) in [6.45, 7) is -0.147. The summed E-state index contributed by atoms with van der Waals surface area (Å²) in [7, 11) is 0. The van der Waals surface area contributed by atoms with E-state index < -0.39 is 17.4 Å². The van der Waals surface area contributed by atoms with Crippen molar-refractivity contribution >= 4 is 35.2 Å². The van der Waals surface area contributed by atoms with Crippen LogP contribution in [-0.2, 0) is 14.4 Å². The molecule has 0 unspecified atom stereocenters. The summed E-state index contributed by atoms with van der Waals surface area (Å²) in [4.78, 5) is 38.7. The quantitative estimate of drug-likeness (QED) is 0.869. The number of aliphatic carboxylic acids is 1. The zero-order chi connectivity index (χ0) is 17.2. The third-order valence-corrected chi connectivity index (χ3v) is 5.65. The summed E-state index contributed by atoms with van der Waals surface area (Å²) >= 11 is 1.45. The van der Waals surface area contributed by atoms with Gasteiger partial charge in [0, 0.05) is 4.90 Å². The fraction of sp³-hybridized carbons (Fsp3) is 0.471. The average Bonchev–Trinajstić information content (AvgIpc) is 2.58. The van der Waals surface area contributed by atoms with Crippen molar-refractivity contribution in [1.82, 2.24) is 5.32 Å². The van der Waals surface area contributed by atoms with Gasteiger partial charge < -0.3 is 15.3 Å². The average molecular weight is 348 g/mol. The van der Waals surface area contributed by atoms with Crippen LogP contribution in [0.1, 0.15) is 32.1 Å². The smallest absolute Gasteiger partial charge is 0.329 e. The van der Waals surface area contributed by atoms with E-state index in [1.54, 1.807) is 6.07 Å². The van der Waals surface area contributed by atoms with Crippen LogP contribution in [0, 0.1) is 0 Å². The van der Waals surface area contributed by atoms with E-state index in [1.807, 2.05) is 18.2 Å². The molecule has 0 radical (unpaired) electrons. The van der Waals surface area contributed by atoms with Gasteiger partial charge in [-0.05, 0) is 25.0 Å². The second kappa shape index (κ2) is 6.84. The number of rotatable bonds is 4. The van der Waals surface area contributed by atoms with Crippen LogP contribution in [0.2, 0.25) is 0 Å². The van der Waals surface area contributed by atoms with Gasteiger partial charge in [0.25, 0.3) is 0 Å². The number of carboxylic acids is 1. The number of nitrogens with zero attached hydrogens (tertiary/aromatic N) is 1. The molecule has 2 amide bonds. The second-order valence-electron chi connectivity index (χ2n) is 6.23. The van der Waals surface area contributed by atoms with Crippen LogP contribution in [0.5, 0.6) is 0 Å². The predicted octanol–water partition coefficient (Wildman–Crippen LogP) is 2.03. The molecule has 0 atom stereocenters. The van der Waals surface area contributed by atoms with Crippen LogP contribution < -0.4 is 10.2 Å². The summed E-state index contributed by atoms with van der Waals surface area (Å²) in [5.41, 5.74) is -0.482. The number of carbonyl (C=O) groups excluding carboxylic acids is 2. The maximum absolute atomic E-state index is 12.5. The molecule has 2 N–H and O–H groups in total. The Hall–Kier alpha value is -2.02. The van der Waals surface area contributed by atoms with Crippen LogP contribution in [0.3, 0.4) is 0 Å². The summed E-state index contributed by atoms with van der Waals surface area (Å²) in [6, 6.07) is 7.43. The Morgan fingerprint density at radius 3 is 2.62 bits per heavy atom. The Balaban J connectivity index is 1.75. The van der Waals surface area contributed by atoms with Gasteiger partial charge in [0.05, 0.1) is 11.4 Å². The molecule has 1 aromatic carbocycles. The molecule has 0 aromatic heterocycles. The van der Waals surface area contributed by atoms with Crippen molar-refractivity contribution in [1.29, 1.82) is 0 Å². The molecule has 3 rings (SSSR count). The molecule has 2 aliphatic rings. The van der Waals surface area contributed by atoms with E-state index in [2.05, 4.69) is 5.32 Å². The SMILES string of the molecule is O=C(CN1C(=O)CSc2ccccc21)NC1(C(=O)O)CCCCC1. The fourth-order valence-electron chi connectivity index (χ4n) is 3.32. The number of nitrogens with one attached hydrogen (secondary N) is 1. The summed E-state index contributed by atoms with van der Waals surface area (Å²) in [5.74, 6) is -1.26. The highest BCUT2D eigenvalue weighted by molar-refractivity contribution is 8.00.